The highest BCUT2D eigenvalue weighted by molar-refractivity contribution is 7.69. The zero-order chi connectivity index (χ0) is 12.4. The molecule has 96 valence electrons. The number of hydroxylamine groups is 2. The summed E-state index contributed by atoms with van der Waals surface area (Å²) < 4.78 is 26.5. The molecular formula is C6H15NO7P2. The van der Waals surface area contributed by atoms with E-state index in [0.29, 0.717) is 12.8 Å². The molecule has 16 heavy (non-hydrogen) atoms. The van der Waals surface area contributed by atoms with Crippen molar-refractivity contribution in [2.75, 3.05) is 19.0 Å². The lowest BCUT2D eigenvalue weighted by Crippen LogP contribution is -2.35. The molecule has 1 heterocycles. The van der Waals surface area contributed by atoms with Gasteiger partial charge in [-0.1, -0.05) is 0 Å². The van der Waals surface area contributed by atoms with Crippen LogP contribution < -0.4 is 0 Å². The van der Waals surface area contributed by atoms with Gasteiger partial charge < -0.3 is 19.8 Å². The van der Waals surface area contributed by atoms with Gasteiger partial charge in [0.1, 0.15) is 0 Å². The Hall–Kier alpha value is 0.220. The van der Waals surface area contributed by atoms with Crippen LogP contribution in [0.5, 0.6) is 0 Å². The molecule has 1 aliphatic rings. The van der Waals surface area contributed by atoms with Gasteiger partial charge >= 0.3 is 15.2 Å². The van der Waals surface area contributed by atoms with E-state index in [-0.39, 0.29) is 13.1 Å². The van der Waals surface area contributed by atoms with Crippen molar-refractivity contribution in [3.63, 3.8) is 0 Å². The van der Waals surface area contributed by atoms with Gasteiger partial charge in [0, 0.05) is 13.1 Å². The number of piperidine rings is 1. The third-order valence-electron chi connectivity index (χ3n) is 2.03. The highest BCUT2D eigenvalue weighted by Gasteiger charge is 2.34. The molecule has 0 aliphatic carbocycles. The third-order valence-corrected chi connectivity index (χ3v) is 5.42. The zero-order valence-corrected chi connectivity index (χ0v) is 10.3. The number of nitrogens with zero attached hydrogens (tertiary/aromatic N) is 1. The fourth-order valence-electron chi connectivity index (χ4n) is 1.36. The molecule has 1 saturated heterocycles. The highest BCUT2D eigenvalue weighted by atomic mass is 31.2. The molecule has 1 unspecified atom stereocenters. The average Bonchev–Trinajstić information content (AvgIpc) is 2.04. The maximum absolute atomic E-state index is 11.3. The van der Waals surface area contributed by atoms with E-state index in [1.165, 1.54) is 0 Å². The summed E-state index contributed by atoms with van der Waals surface area (Å²) in [5.41, 5.74) is 0. The molecule has 0 aromatic carbocycles. The van der Waals surface area contributed by atoms with Gasteiger partial charge in [0.05, 0.1) is 6.10 Å². The van der Waals surface area contributed by atoms with Gasteiger partial charge in [-0.2, -0.15) is 5.06 Å². The number of aliphatic hydroxyl groups is 1. The lowest BCUT2D eigenvalue weighted by Gasteiger charge is -2.29. The summed E-state index contributed by atoms with van der Waals surface area (Å²) in [6, 6.07) is 0. The van der Waals surface area contributed by atoms with Crippen LogP contribution >= 0.6 is 15.2 Å². The van der Waals surface area contributed by atoms with Crippen molar-refractivity contribution in [1.82, 2.24) is 5.06 Å². The molecule has 0 saturated carbocycles. The van der Waals surface area contributed by atoms with Gasteiger partial charge in [-0.15, -0.1) is 0 Å². The second-order valence-corrected chi connectivity index (χ2v) is 7.58. The topological polar surface area (TPSA) is 128 Å². The molecule has 8 nitrogen and oxygen atoms in total. The second kappa shape index (κ2) is 5.25. The van der Waals surface area contributed by atoms with Gasteiger partial charge in [-0.25, -0.2) is 4.62 Å². The fraction of sp³-hybridized carbons (Fsp3) is 1.00. The molecule has 0 bridgehead atoms. The average molecular weight is 275 g/mol. The summed E-state index contributed by atoms with van der Waals surface area (Å²) >= 11 is 0. The van der Waals surface area contributed by atoms with E-state index in [9.17, 15) is 19.1 Å². The largest absolute Gasteiger partial charge is 0.393 e. The van der Waals surface area contributed by atoms with Gasteiger partial charge in [0.25, 0.3) is 0 Å². The Morgan fingerprint density at radius 1 is 1.19 bits per heavy atom. The fourth-order valence-corrected chi connectivity index (χ4v) is 3.96. The van der Waals surface area contributed by atoms with Crippen LogP contribution in [0.2, 0.25) is 0 Å². The molecule has 0 spiro atoms. The molecule has 1 aliphatic heterocycles. The molecule has 10 heteroatoms. The number of rotatable bonds is 4. The first kappa shape index (κ1) is 14.3. The van der Waals surface area contributed by atoms with E-state index in [2.05, 4.69) is 4.62 Å². The zero-order valence-electron chi connectivity index (χ0n) is 8.47. The predicted octanol–water partition coefficient (Wildman–Crippen LogP) is -0.305. The van der Waals surface area contributed by atoms with Crippen molar-refractivity contribution in [3.05, 3.63) is 0 Å². The van der Waals surface area contributed by atoms with E-state index >= 15 is 0 Å². The Labute approximate surface area is 92.5 Å². The maximum atomic E-state index is 11.3. The van der Waals surface area contributed by atoms with Crippen molar-refractivity contribution in [2.45, 2.75) is 18.9 Å². The van der Waals surface area contributed by atoms with E-state index < -0.39 is 27.2 Å². The minimum atomic E-state index is -4.58. The van der Waals surface area contributed by atoms with Crippen molar-refractivity contribution >= 4 is 15.2 Å². The Morgan fingerprint density at radius 3 is 2.12 bits per heavy atom. The minimum absolute atomic E-state index is 0.257. The van der Waals surface area contributed by atoms with Crippen LogP contribution in [0.15, 0.2) is 0 Å². The van der Waals surface area contributed by atoms with Gasteiger partial charge in [0.2, 0.25) is 0 Å². The summed E-state index contributed by atoms with van der Waals surface area (Å²) in [5.74, 6) is -1.20. The lowest BCUT2D eigenvalue weighted by molar-refractivity contribution is -0.0997. The Kier molecular flexibility index (Phi) is 4.68. The van der Waals surface area contributed by atoms with Crippen molar-refractivity contribution in [1.29, 1.82) is 0 Å². The Morgan fingerprint density at radius 2 is 1.69 bits per heavy atom. The van der Waals surface area contributed by atoms with Crippen LogP contribution in [0.3, 0.4) is 0 Å². The van der Waals surface area contributed by atoms with Crippen LogP contribution in [-0.4, -0.2) is 49.9 Å². The van der Waals surface area contributed by atoms with Crippen LogP contribution in [0, 0.1) is 0 Å². The first-order valence-electron chi connectivity index (χ1n) is 4.67. The second-order valence-electron chi connectivity index (χ2n) is 3.69. The van der Waals surface area contributed by atoms with E-state index in [1.807, 2.05) is 0 Å². The standard InChI is InChI=1S/C6H15NO7P2/c8-6-1-3-7(4-2-6)14-16(12,13)5-15(9,10)11/h6,8H,1-5H2,(H,12,13)(H2,9,10,11). The normalized spacial score (nSPS) is 24.2. The molecule has 0 aromatic rings. The van der Waals surface area contributed by atoms with Crippen molar-refractivity contribution in [3.8, 4) is 0 Å². The predicted molar refractivity (Wildman–Crippen MR) is 54.6 cm³/mol. The van der Waals surface area contributed by atoms with Crippen molar-refractivity contribution < 1.29 is 33.5 Å². The van der Waals surface area contributed by atoms with Crippen molar-refractivity contribution in [2.24, 2.45) is 0 Å². The van der Waals surface area contributed by atoms with Crippen LogP contribution in [0.25, 0.3) is 0 Å². The summed E-state index contributed by atoms with van der Waals surface area (Å²) in [6.07, 6.45) is 0.339. The summed E-state index contributed by atoms with van der Waals surface area (Å²) in [5, 5.41) is 10.3. The quantitative estimate of drug-likeness (QED) is 0.515. The van der Waals surface area contributed by atoms with Gasteiger partial charge in [-0.3, -0.25) is 9.13 Å². The van der Waals surface area contributed by atoms with Gasteiger partial charge in [-0.05, 0) is 12.8 Å². The van der Waals surface area contributed by atoms with E-state index in [0.717, 1.165) is 5.06 Å². The molecule has 1 atom stereocenters. The van der Waals surface area contributed by atoms with E-state index in [1.54, 1.807) is 0 Å². The highest BCUT2D eigenvalue weighted by Crippen LogP contribution is 2.55. The Balaban J connectivity index is 2.47. The van der Waals surface area contributed by atoms with Gasteiger partial charge in [0.15, 0.2) is 5.90 Å². The molecule has 0 radical (unpaired) electrons. The lowest BCUT2D eigenvalue weighted by atomic mass is 10.1. The van der Waals surface area contributed by atoms with Crippen LogP contribution in [-0.2, 0) is 13.8 Å². The summed E-state index contributed by atoms with van der Waals surface area (Å²) in [4.78, 5) is 26.3. The SMILES string of the molecule is O=P(O)(O)CP(=O)(O)ON1CCC(O)CC1. The van der Waals surface area contributed by atoms with E-state index in [4.69, 9.17) is 9.79 Å². The number of hydrogen-bond donors (Lipinski definition) is 4. The number of aliphatic hydroxyl groups excluding tert-OH is 1. The molecule has 1 fully saturated rings. The smallest absolute Gasteiger partial charge is 0.356 e. The first-order valence-corrected chi connectivity index (χ1v) is 8.23. The summed E-state index contributed by atoms with van der Waals surface area (Å²) in [6.45, 7) is 0.514. The molecule has 0 aromatic heterocycles. The van der Waals surface area contributed by atoms with Crippen LogP contribution in [0.1, 0.15) is 12.8 Å². The third kappa shape index (κ3) is 5.52. The molecule has 4 N–H and O–H groups in total. The Bertz CT molecular complexity index is 321. The minimum Gasteiger partial charge on any atom is -0.393 e. The molecule has 0 amide bonds. The summed E-state index contributed by atoms with van der Waals surface area (Å²) in [7, 11) is -8.90. The first-order chi connectivity index (χ1) is 7.18. The molecule has 1 rings (SSSR count). The van der Waals surface area contributed by atoms with Crippen LogP contribution in [0.4, 0.5) is 0 Å². The number of hydrogen-bond acceptors (Lipinski definition) is 5. The monoisotopic (exact) mass is 275 g/mol. The maximum Gasteiger partial charge on any atom is 0.356 e. The molecular weight excluding hydrogens is 260 g/mol.